The molecule has 2 N–H and O–H groups in total. The number of phenols is 2. The van der Waals surface area contributed by atoms with Crippen LogP contribution < -0.4 is 9.47 Å². The van der Waals surface area contributed by atoms with E-state index in [2.05, 4.69) is 26.8 Å². The Balaban J connectivity index is 1.38. The number of benzene rings is 3. The van der Waals surface area contributed by atoms with Crippen LogP contribution in [0.1, 0.15) is 67.9 Å². The molecule has 1 saturated carbocycles. The average molecular weight is 542 g/mol. The fraction of sp³-hybridized carbons (Fsp3) is 0.333. The van der Waals surface area contributed by atoms with Crippen LogP contribution in [0.15, 0.2) is 48.5 Å². The molecule has 1 fully saturated rings. The molecule has 3 aromatic carbocycles. The Hall–Kier alpha value is -4.26. The molecule has 1 heterocycles. The highest BCUT2D eigenvalue weighted by Crippen LogP contribution is 2.54. The number of hydrogen-bond acceptors (Lipinski definition) is 6. The minimum absolute atomic E-state index is 0.000595. The molecule has 0 spiro atoms. The summed E-state index contributed by atoms with van der Waals surface area (Å²) in [4.78, 5) is 10.4. The van der Waals surface area contributed by atoms with Gasteiger partial charge in [-0.15, -0.1) is 0 Å². The third-order valence-corrected chi connectivity index (χ3v) is 8.48. The molecule has 1 aliphatic heterocycles. The molecule has 0 radical (unpaired) electrons. The van der Waals surface area contributed by atoms with Gasteiger partial charge in [-0.1, -0.05) is 32.1 Å². The second-order valence-corrected chi connectivity index (χ2v) is 11.7. The molecule has 1 aliphatic carbocycles. The van der Waals surface area contributed by atoms with Gasteiger partial charge in [0.2, 0.25) is 0 Å². The van der Waals surface area contributed by atoms with E-state index in [0.717, 1.165) is 36.1 Å². The second kappa shape index (κ2) is 10.4. The van der Waals surface area contributed by atoms with Gasteiger partial charge in [-0.3, -0.25) is 10.1 Å². The quantitative estimate of drug-likeness (QED) is 0.187. The maximum Gasteiger partial charge on any atom is 0.269 e. The highest BCUT2D eigenvalue weighted by atomic mass is 16.6. The summed E-state index contributed by atoms with van der Waals surface area (Å²) in [6.45, 7) is 6.92. The topological polar surface area (TPSA) is 102 Å². The smallest absolute Gasteiger partial charge is 0.269 e. The van der Waals surface area contributed by atoms with Crippen LogP contribution in [0.25, 0.3) is 24.3 Å². The lowest BCUT2D eigenvalue weighted by Crippen LogP contribution is -2.54. The van der Waals surface area contributed by atoms with E-state index in [1.54, 1.807) is 43.5 Å². The van der Waals surface area contributed by atoms with Gasteiger partial charge >= 0.3 is 0 Å². The Morgan fingerprint density at radius 2 is 1.55 bits per heavy atom. The Labute approximate surface area is 234 Å². The minimum atomic E-state index is -0.460. The summed E-state index contributed by atoms with van der Waals surface area (Å²) < 4.78 is 12.4. The minimum Gasteiger partial charge on any atom is -0.507 e. The second-order valence-electron chi connectivity index (χ2n) is 11.7. The lowest BCUT2D eigenvalue weighted by atomic mass is 9.59. The van der Waals surface area contributed by atoms with Gasteiger partial charge in [-0.05, 0) is 103 Å². The number of nitrogens with zero attached hydrogens (tertiary/aromatic N) is 1. The molecular weight excluding hydrogens is 506 g/mol. The zero-order valence-electron chi connectivity index (χ0n) is 23.3. The van der Waals surface area contributed by atoms with Gasteiger partial charge in [0.1, 0.15) is 17.1 Å². The van der Waals surface area contributed by atoms with Crippen LogP contribution in [0, 0.1) is 21.4 Å². The largest absolute Gasteiger partial charge is 0.507 e. The van der Waals surface area contributed by atoms with Crippen LogP contribution in [-0.2, 0) is 6.42 Å². The Morgan fingerprint density at radius 1 is 0.925 bits per heavy atom. The summed E-state index contributed by atoms with van der Waals surface area (Å²) in [5, 5.41) is 32.1. The van der Waals surface area contributed by atoms with Gasteiger partial charge in [0.15, 0.2) is 11.5 Å². The number of fused-ring (bicyclic) bond motifs is 2. The fourth-order valence-corrected chi connectivity index (χ4v) is 6.33. The van der Waals surface area contributed by atoms with Crippen molar-refractivity contribution >= 4 is 30.0 Å². The van der Waals surface area contributed by atoms with Crippen molar-refractivity contribution in [1.29, 1.82) is 0 Å². The summed E-state index contributed by atoms with van der Waals surface area (Å²) >= 11 is 0. The van der Waals surface area contributed by atoms with E-state index in [9.17, 15) is 20.3 Å². The van der Waals surface area contributed by atoms with Crippen LogP contribution in [0.3, 0.4) is 0 Å². The first-order valence-corrected chi connectivity index (χ1v) is 13.6. The number of nitro groups is 1. The Morgan fingerprint density at radius 3 is 2.17 bits per heavy atom. The number of nitro benzene ring substituents is 1. The molecule has 0 saturated heterocycles. The summed E-state index contributed by atoms with van der Waals surface area (Å²) in [6.07, 6.45) is 11.3. The van der Waals surface area contributed by atoms with Crippen molar-refractivity contribution in [3.8, 4) is 23.0 Å². The number of rotatable bonds is 6. The van der Waals surface area contributed by atoms with Crippen molar-refractivity contribution in [2.24, 2.45) is 11.3 Å². The average Bonchev–Trinajstić information content (AvgIpc) is 2.90. The lowest BCUT2D eigenvalue weighted by molar-refractivity contribution is -0.384. The van der Waals surface area contributed by atoms with E-state index in [0.29, 0.717) is 22.8 Å². The van der Waals surface area contributed by atoms with Gasteiger partial charge in [-0.2, -0.15) is 0 Å². The van der Waals surface area contributed by atoms with Crippen LogP contribution in [0.4, 0.5) is 5.69 Å². The van der Waals surface area contributed by atoms with E-state index in [1.165, 1.54) is 18.6 Å². The molecule has 40 heavy (non-hydrogen) atoms. The van der Waals surface area contributed by atoms with Gasteiger partial charge in [0, 0.05) is 18.1 Å². The maximum absolute atomic E-state index is 10.8. The Bertz CT molecular complexity index is 1480. The summed E-state index contributed by atoms with van der Waals surface area (Å²) in [5.74, 6) is 1.79. The van der Waals surface area contributed by atoms with Crippen molar-refractivity contribution in [3.63, 3.8) is 0 Å². The van der Waals surface area contributed by atoms with E-state index in [1.807, 2.05) is 18.2 Å². The third-order valence-electron chi connectivity index (χ3n) is 8.48. The highest BCUT2D eigenvalue weighted by molar-refractivity contribution is 5.79. The SMILES string of the molecule is COc1cc(/C=C/c2cc(O)c(/C=C/c3ccc([N+](=O)[O-])cc3)c(O)c2)cc2c1O[C@]1(C)CCCC(C)(C)[C@H]1C2. The monoisotopic (exact) mass is 541 g/mol. The van der Waals surface area contributed by atoms with Crippen LogP contribution in [-0.4, -0.2) is 27.8 Å². The van der Waals surface area contributed by atoms with E-state index < -0.39 is 4.92 Å². The molecule has 0 unspecified atom stereocenters. The molecule has 0 aromatic heterocycles. The van der Waals surface area contributed by atoms with E-state index in [-0.39, 0.29) is 33.8 Å². The van der Waals surface area contributed by atoms with Gasteiger partial charge in [0.25, 0.3) is 5.69 Å². The Kier molecular flexibility index (Phi) is 7.08. The van der Waals surface area contributed by atoms with Gasteiger partial charge in [0.05, 0.1) is 17.6 Å². The molecule has 3 aromatic rings. The zero-order valence-corrected chi connectivity index (χ0v) is 23.3. The van der Waals surface area contributed by atoms with E-state index in [4.69, 9.17) is 9.47 Å². The normalized spacial score (nSPS) is 21.6. The number of phenolic OH excluding ortho intramolecular Hbond substituents is 2. The first kappa shape index (κ1) is 27.3. The molecular formula is C33H35NO6. The summed E-state index contributed by atoms with van der Waals surface area (Å²) in [5.41, 5.74) is 3.66. The standard InChI is InChI=1S/C33H35NO6/c1-32(2)14-5-15-33(3)30(32)20-24-16-22(19-29(39-4)31(24)40-33)6-7-23-17-27(35)26(28(36)18-23)13-10-21-8-11-25(12-9-21)34(37)38/h6-13,16-19,30,35-36H,5,14-15,20H2,1-4H3/b7-6+,13-10+/t30-,33-/m1/s1. The predicted molar refractivity (Wildman–Crippen MR) is 158 cm³/mol. The first-order chi connectivity index (χ1) is 19.0. The van der Waals surface area contributed by atoms with Crippen LogP contribution in [0.5, 0.6) is 23.0 Å². The van der Waals surface area contributed by atoms with Crippen molar-refractivity contribution < 1.29 is 24.6 Å². The van der Waals surface area contributed by atoms with Crippen molar-refractivity contribution in [1.82, 2.24) is 0 Å². The van der Waals surface area contributed by atoms with Crippen molar-refractivity contribution in [2.45, 2.75) is 52.1 Å². The molecule has 0 bridgehead atoms. The third kappa shape index (κ3) is 5.28. The van der Waals surface area contributed by atoms with Gasteiger partial charge < -0.3 is 19.7 Å². The number of ether oxygens (including phenoxy) is 2. The number of methoxy groups -OCH3 is 1. The van der Waals surface area contributed by atoms with Gasteiger partial charge in [-0.25, -0.2) is 0 Å². The number of hydrogen-bond donors (Lipinski definition) is 2. The number of aromatic hydroxyl groups is 2. The predicted octanol–water partition coefficient (Wildman–Crippen LogP) is 7.88. The van der Waals surface area contributed by atoms with E-state index >= 15 is 0 Å². The highest BCUT2D eigenvalue weighted by Gasteiger charge is 2.51. The molecule has 208 valence electrons. The molecule has 2 atom stereocenters. The number of non-ortho nitro benzene ring substituents is 1. The lowest BCUT2D eigenvalue weighted by Gasteiger charge is -2.53. The molecule has 7 nitrogen and oxygen atoms in total. The maximum atomic E-state index is 10.8. The van der Waals surface area contributed by atoms with Crippen LogP contribution >= 0.6 is 0 Å². The summed E-state index contributed by atoms with van der Waals surface area (Å²) in [6, 6.07) is 13.3. The molecule has 7 heteroatoms. The molecule has 2 aliphatic rings. The molecule has 5 rings (SSSR count). The molecule has 0 amide bonds. The van der Waals surface area contributed by atoms with Crippen molar-refractivity contribution in [2.75, 3.05) is 7.11 Å². The first-order valence-electron chi connectivity index (χ1n) is 13.6. The fourth-order valence-electron chi connectivity index (χ4n) is 6.33. The van der Waals surface area contributed by atoms with Crippen LogP contribution in [0.2, 0.25) is 0 Å². The zero-order chi connectivity index (χ0) is 28.7. The summed E-state index contributed by atoms with van der Waals surface area (Å²) in [7, 11) is 1.66. The van der Waals surface area contributed by atoms with Crippen molar-refractivity contribution in [3.05, 3.63) is 86.5 Å².